The molecule has 0 saturated carbocycles. The molecule has 0 atom stereocenters. The topological polar surface area (TPSA) is 49.3 Å². The second-order valence-electron chi connectivity index (χ2n) is 5.92. The summed E-state index contributed by atoms with van der Waals surface area (Å²) in [5.41, 5.74) is -0.833. The van der Waals surface area contributed by atoms with Gasteiger partial charge in [0.15, 0.2) is 0 Å². The van der Waals surface area contributed by atoms with Crippen molar-refractivity contribution in [1.29, 1.82) is 0 Å². The van der Waals surface area contributed by atoms with E-state index in [-0.39, 0.29) is 27.6 Å². The summed E-state index contributed by atoms with van der Waals surface area (Å²) in [4.78, 5) is 12.4. The smallest absolute Gasteiger partial charge is 0.416 e. The third-order valence-corrected chi connectivity index (χ3v) is 4.13. The molecule has 0 aliphatic rings. The normalized spacial score (nSPS) is 11.3. The maximum atomic E-state index is 13.3. The molecule has 2 N–H and O–H groups in total. The standard InChI is InChI=1S/C20H12ClF4NO2/c21-14-3-6-18(27)17(10-14)19(28)26-16-8-12(7-13(9-16)20(23,24)25)11-1-4-15(22)5-2-11/h1-10,27H,(H,26,28). The molecule has 3 aromatic rings. The quantitative estimate of drug-likeness (QED) is 0.512. The Morgan fingerprint density at radius 1 is 0.929 bits per heavy atom. The number of rotatable bonds is 3. The zero-order valence-electron chi connectivity index (χ0n) is 14.0. The number of aromatic hydroxyl groups is 1. The number of halogens is 5. The number of carbonyl (C=O) groups is 1. The van der Waals surface area contributed by atoms with Crippen LogP contribution in [0.4, 0.5) is 23.2 Å². The van der Waals surface area contributed by atoms with E-state index >= 15 is 0 Å². The van der Waals surface area contributed by atoms with E-state index in [0.717, 1.165) is 24.3 Å². The molecule has 0 bridgehead atoms. The number of carbonyl (C=O) groups excluding carboxylic acids is 1. The molecule has 3 nitrogen and oxygen atoms in total. The first kappa shape index (κ1) is 19.7. The average molecular weight is 410 g/mol. The first-order valence-electron chi connectivity index (χ1n) is 7.91. The van der Waals surface area contributed by atoms with Gasteiger partial charge in [-0.2, -0.15) is 13.2 Å². The highest BCUT2D eigenvalue weighted by molar-refractivity contribution is 6.31. The van der Waals surface area contributed by atoms with Gasteiger partial charge in [0.05, 0.1) is 11.1 Å². The highest BCUT2D eigenvalue weighted by atomic mass is 35.5. The first-order valence-corrected chi connectivity index (χ1v) is 8.29. The molecular weight excluding hydrogens is 398 g/mol. The number of hydrogen-bond acceptors (Lipinski definition) is 2. The van der Waals surface area contributed by atoms with Crippen molar-refractivity contribution in [3.05, 3.63) is 82.6 Å². The van der Waals surface area contributed by atoms with Crippen LogP contribution >= 0.6 is 11.6 Å². The molecule has 0 saturated heterocycles. The molecule has 0 radical (unpaired) electrons. The van der Waals surface area contributed by atoms with E-state index in [1.165, 1.54) is 36.4 Å². The summed E-state index contributed by atoms with van der Waals surface area (Å²) >= 11 is 5.80. The molecule has 3 rings (SSSR count). The van der Waals surface area contributed by atoms with Crippen LogP contribution in [0, 0.1) is 5.82 Å². The maximum absolute atomic E-state index is 13.3. The lowest BCUT2D eigenvalue weighted by Crippen LogP contribution is -2.13. The van der Waals surface area contributed by atoms with E-state index in [1.807, 2.05) is 0 Å². The number of benzene rings is 3. The van der Waals surface area contributed by atoms with Gasteiger partial charge in [-0.25, -0.2) is 4.39 Å². The average Bonchev–Trinajstić information content (AvgIpc) is 2.63. The molecule has 0 aliphatic heterocycles. The van der Waals surface area contributed by atoms with Crippen LogP contribution in [0.2, 0.25) is 5.02 Å². The number of alkyl halides is 3. The Balaban J connectivity index is 2.02. The van der Waals surface area contributed by atoms with Gasteiger partial charge in [-0.3, -0.25) is 4.79 Å². The second-order valence-corrected chi connectivity index (χ2v) is 6.36. The zero-order valence-corrected chi connectivity index (χ0v) is 14.8. The monoisotopic (exact) mass is 409 g/mol. The Kier molecular flexibility index (Phi) is 5.29. The summed E-state index contributed by atoms with van der Waals surface area (Å²) in [6.45, 7) is 0. The lowest BCUT2D eigenvalue weighted by atomic mass is 10.0. The molecule has 0 aromatic heterocycles. The minimum absolute atomic E-state index is 0.139. The van der Waals surface area contributed by atoms with Gasteiger partial charge < -0.3 is 10.4 Å². The van der Waals surface area contributed by atoms with E-state index in [2.05, 4.69) is 5.32 Å². The number of nitrogens with one attached hydrogen (secondary N) is 1. The fourth-order valence-electron chi connectivity index (χ4n) is 2.56. The number of anilines is 1. The van der Waals surface area contributed by atoms with Gasteiger partial charge in [0, 0.05) is 10.7 Å². The highest BCUT2D eigenvalue weighted by Gasteiger charge is 2.31. The maximum Gasteiger partial charge on any atom is 0.416 e. The number of phenolic OH excluding ortho intramolecular Hbond substituents is 1. The van der Waals surface area contributed by atoms with E-state index < -0.39 is 23.5 Å². The van der Waals surface area contributed by atoms with Crippen molar-refractivity contribution in [2.24, 2.45) is 0 Å². The zero-order chi connectivity index (χ0) is 20.5. The summed E-state index contributed by atoms with van der Waals surface area (Å²) in [6, 6.07) is 11.7. The van der Waals surface area contributed by atoms with Gasteiger partial charge in [0.2, 0.25) is 0 Å². The molecule has 0 heterocycles. The van der Waals surface area contributed by atoms with Crippen molar-refractivity contribution in [3.8, 4) is 16.9 Å². The summed E-state index contributed by atoms with van der Waals surface area (Å²) in [5, 5.41) is 12.3. The van der Waals surface area contributed by atoms with Crippen molar-refractivity contribution in [3.63, 3.8) is 0 Å². The van der Waals surface area contributed by atoms with Crippen LogP contribution < -0.4 is 5.32 Å². The lowest BCUT2D eigenvalue weighted by Gasteiger charge is -2.14. The van der Waals surface area contributed by atoms with Crippen molar-refractivity contribution < 1.29 is 27.5 Å². The molecule has 8 heteroatoms. The van der Waals surface area contributed by atoms with Gasteiger partial charge in [-0.1, -0.05) is 23.7 Å². The minimum atomic E-state index is -4.66. The molecule has 144 valence electrons. The number of amides is 1. The van der Waals surface area contributed by atoms with Crippen LogP contribution in [0.3, 0.4) is 0 Å². The van der Waals surface area contributed by atoms with Crippen LogP contribution in [0.25, 0.3) is 11.1 Å². The van der Waals surface area contributed by atoms with E-state index in [9.17, 15) is 27.5 Å². The van der Waals surface area contributed by atoms with Crippen LogP contribution in [-0.2, 0) is 6.18 Å². The van der Waals surface area contributed by atoms with Gasteiger partial charge in [-0.05, 0) is 59.7 Å². The molecule has 1 amide bonds. The minimum Gasteiger partial charge on any atom is -0.507 e. The molecule has 28 heavy (non-hydrogen) atoms. The Bertz CT molecular complexity index is 1030. The fraction of sp³-hybridized carbons (Fsp3) is 0.0500. The number of hydrogen-bond donors (Lipinski definition) is 2. The van der Waals surface area contributed by atoms with Crippen molar-refractivity contribution in [1.82, 2.24) is 0 Å². The SMILES string of the molecule is O=C(Nc1cc(-c2ccc(F)cc2)cc(C(F)(F)F)c1)c1cc(Cl)ccc1O. The van der Waals surface area contributed by atoms with Gasteiger partial charge in [0.25, 0.3) is 5.91 Å². The van der Waals surface area contributed by atoms with E-state index in [0.29, 0.717) is 5.56 Å². The predicted molar refractivity (Wildman–Crippen MR) is 97.9 cm³/mol. The Hall–Kier alpha value is -3.06. The first-order chi connectivity index (χ1) is 13.1. The molecule has 0 unspecified atom stereocenters. The van der Waals surface area contributed by atoms with Gasteiger partial charge in [-0.15, -0.1) is 0 Å². The molecule has 0 fully saturated rings. The Labute approximate surface area is 162 Å². The summed E-state index contributed by atoms with van der Waals surface area (Å²) in [6.07, 6.45) is -4.66. The highest BCUT2D eigenvalue weighted by Crippen LogP contribution is 2.35. The Morgan fingerprint density at radius 2 is 1.61 bits per heavy atom. The molecular formula is C20H12ClF4NO2. The molecule has 0 spiro atoms. The van der Waals surface area contributed by atoms with Crippen LogP contribution in [-0.4, -0.2) is 11.0 Å². The molecule has 3 aromatic carbocycles. The summed E-state index contributed by atoms with van der Waals surface area (Å²) in [7, 11) is 0. The van der Waals surface area contributed by atoms with Crippen LogP contribution in [0.1, 0.15) is 15.9 Å². The third kappa shape index (κ3) is 4.43. The summed E-state index contributed by atoms with van der Waals surface area (Å²) in [5.74, 6) is -1.72. The van der Waals surface area contributed by atoms with Gasteiger partial charge in [0.1, 0.15) is 11.6 Å². The third-order valence-electron chi connectivity index (χ3n) is 3.90. The largest absolute Gasteiger partial charge is 0.507 e. The van der Waals surface area contributed by atoms with Crippen molar-refractivity contribution in [2.45, 2.75) is 6.18 Å². The van der Waals surface area contributed by atoms with Crippen molar-refractivity contribution >= 4 is 23.2 Å². The number of phenols is 1. The van der Waals surface area contributed by atoms with E-state index in [4.69, 9.17) is 11.6 Å². The Morgan fingerprint density at radius 3 is 2.25 bits per heavy atom. The van der Waals surface area contributed by atoms with Gasteiger partial charge >= 0.3 is 6.18 Å². The van der Waals surface area contributed by atoms with Crippen LogP contribution in [0.15, 0.2) is 60.7 Å². The second kappa shape index (κ2) is 7.52. The van der Waals surface area contributed by atoms with Crippen molar-refractivity contribution in [2.75, 3.05) is 5.32 Å². The lowest BCUT2D eigenvalue weighted by molar-refractivity contribution is -0.137. The van der Waals surface area contributed by atoms with Crippen LogP contribution in [0.5, 0.6) is 5.75 Å². The van der Waals surface area contributed by atoms with E-state index in [1.54, 1.807) is 0 Å². The fourth-order valence-corrected chi connectivity index (χ4v) is 2.73. The predicted octanol–water partition coefficient (Wildman–Crippen LogP) is 6.12. The summed E-state index contributed by atoms with van der Waals surface area (Å²) < 4.78 is 52.9. The molecule has 0 aliphatic carbocycles.